The lowest BCUT2D eigenvalue weighted by Crippen LogP contribution is -2.45. The minimum atomic E-state index is -0.165. The van der Waals surface area contributed by atoms with Gasteiger partial charge >= 0.3 is 0 Å². The zero-order chi connectivity index (χ0) is 13.7. The van der Waals surface area contributed by atoms with Gasteiger partial charge in [-0.3, -0.25) is 10.2 Å². The van der Waals surface area contributed by atoms with E-state index in [0.29, 0.717) is 12.6 Å². The van der Waals surface area contributed by atoms with Crippen molar-refractivity contribution in [1.29, 1.82) is 0 Å². The predicted molar refractivity (Wildman–Crippen MR) is 82.4 cm³/mol. The van der Waals surface area contributed by atoms with Crippen molar-refractivity contribution in [2.24, 2.45) is 5.73 Å². The molecule has 0 spiro atoms. The van der Waals surface area contributed by atoms with Crippen LogP contribution in [0.1, 0.15) is 31.4 Å². The van der Waals surface area contributed by atoms with Gasteiger partial charge in [0.1, 0.15) is 6.04 Å². The molecule has 6 heteroatoms. The van der Waals surface area contributed by atoms with Gasteiger partial charge in [-0.2, -0.15) is 0 Å². The second-order valence-corrected chi connectivity index (χ2v) is 4.94. The summed E-state index contributed by atoms with van der Waals surface area (Å²) in [5.74, 6) is 0.00910. The van der Waals surface area contributed by atoms with Crippen LogP contribution in [-0.2, 0) is 4.79 Å². The third kappa shape index (κ3) is 4.45. The Balaban J connectivity index is 0.00000200. The number of carbonyl (C=O) groups is 1. The van der Waals surface area contributed by atoms with Gasteiger partial charge in [-0.15, -0.1) is 12.4 Å². The summed E-state index contributed by atoms with van der Waals surface area (Å²) >= 11 is 0. The van der Waals surface area contributed by atoms with Gasteiger partial charge in [0, 0.05) is 18.6 Å². The summed E-state index contributed by atoms with van der Waals surface area (Å²) in [6.45, 7) is 2.56. The fourth-order valence-corrected chi connectivity index (χ4v) is 2.21. The monoisotopic (exact) mass is 298 g/mol. The number of halogens is 1. The number of hydrazine groups is 1. The summed E-state index contributed by atoms with van der Waals surface area (Å²) < 4.78 is 0. The normalized spacial score (nSPS) is 22.9. The molecule has 5 N–H and O–H groups in total. The highest BCUT2D eigenvalue weighted by Crippen LogP contribution is 2.10. The molecule has 0 saturated carbocycles. The van der Waals surface area contributed by atoms with Crippen LogP contribution in [0.25, 0.3) is 0 Å². The molecule has 5 nitrogen and oxygen atoms in total. The minimum Gasteiger partial charge on any atom is -0.353 e. The number of nitrogens with two attached hydrogens (primary N) is 1. The zero-order valence-corrected chi connectivity index (χ0v) is 12.5. The number of carbonyl (C=O) groups excluding carboxylic acids is 1. The van der Waals surface area contributed by atoms with Gasteiger partial charge in [0.15, 0.2) is 0 Å². The van der Waals surface area contributed by atoms with E-state index in [1.165, 1.54) is 0 Å². The molecule has 1 aromatic carbocycles. The number of hydrogen-bond donors (Lipinski definition) is 4. The Morgan fingerprint density at radius 3 is 2.70 bits per heavy atom. The van der Waals surface area contributed by atoms with Crippen molar-refractivity contribution in [3.8, 4) is 0 Å². The average molecular weight is 299 g/mol. The number of amides is 1. The maximum absolute atomic E-state index is 12.0. The van der Waals surface area contributed by atoms with Crippen LogP contribution in [0, 0.1) is 0 Å². The van der Waals surface area contributed by atoms with E-state index in [1.807, 2.05) is 30.3 Å². The SMILES string of the molecule is CCC1CC(C(=O)NCC(N)c2ccccc2)NN1.Cl. The highest BCUT2D eigenvalue weighted by Gasteiger charge is 2.27. The molecule has 1 aliphatic heterocycles. The van der Waals surface area contributed by atoms with Crippen LogP contribution < -0.4 is 21.9 Å². The van der Waals surface area contributed by atoms with Crippen molar-refractivity contribution in [1.82, 2.24) is 16.2 Å². The lowest BCUT2D eigenvalue weighted by molar-refractivity contribution is -0.122. The Labute approximate surface area is 126 Å². The van der Waals surface area contributed by atoms with E-state index in [9.17, 15) is 4.79 Å². The molecule has 1 fully saturated rings. The molecule has 0 bridgehead atoms. The summed E-state index contributed by atoms with van der Waals surface area (Å²) in [4.78, 5) is 12.0. The van der Waals surface area contributed by atoms with Gasteiger partial charge in [0.2, 0.25) is 5.91 Å². The summed E-state index contributed by atoms with van der Waals surface area (Å²) in [6, 6.07) is 9.84. The Morgan fingerprint density at radius 1 is 1.40 bits per heavy atom. The fourth-order valence-electron chi connectivity index (χ4n) is 2.21. The third-order valence-electron chi connectivity index (χ3n) is 3.52. The molecule has 1 saturated heterocycles. The van der Waals surface area contributed by atoms with Crippen LogP contribution in [0.3, 0.4) is 0 Å². The van der Waals surface area contributed by atoms with E-state index in [2.05, 4.69) is 23.1 Å². The summed E-state index contributed by atoms with van der Waals surface area (Å²) in [5, 5.41) is 2.90. The molecule has 1 amide bonds. The molecule has 1 aromatic rings. The zero-order valence-electron chi connectivity index (χ0n) is 11.6. The number of rotatable bonds is 5. The van der Waals surface area contributed by atoms with Crippen molar-refractivity contribution in [3.63, 3.8) is 0 Å². The van der Waals surface area contributed by atoms with E-state index in [4.69, 9.17) is 5.73 Å². The molecular weight excluding hydrogens is 276 g/mol. The Morgan fingerprint density at radius 2 is 2.10 bits per heavy atom. The molecule has 2 rings (SSSR count). The van der Waals surface area contributed by atoms with Crippen molar-refractivity contribution >= 4 is 18.3 Å². The summed E-state index contributed by atoms with van der Waals surface area (Å²) in [6.07, 6.45) is 1.84. The van der Waals surface area contributed by atoms with Crippen molar-refractivity contribution in [2.45, 2.75) is 37.9 Å². The smallest absolute Gasteiger partial charge is 0.238 e. The topological polar surface area (TPSA) is 79.2 Å². The Hall–Kier alpha value is -1.14. The number of benzene rings is 1. The van der Waals surface area contributed by atoms with Crippen LogP contribution in [0.15, 0.2) is 30.3 Å². The average Bonchev–Trinajstić information content (AvgIpc) is 2.94. The summed E-state index contributed by atoms with van der Waals surface area (Å²) in [5.41, 5.74) is 13.2. The van der Waals surface area contributed by atoms with Crippen molar-refractivity contribution in [3.05, 3.63) is 35.9 Å². The number of nitrogens with one attached hydrogen (secondary N) is 3. The molecule has 3 unspecified atom stereocenters. The first kappa shape index (κ1) is 16.9. The second kappa shape index (κ2) is 8.21. The first-order chi connectivity index (χ1) is 9.20. The Bertz CT molecular complexity index is 415. The van der Waals surface area contributed by atoms with Gasteiger partial charge in [-0.25, -0.2) is 5.43 Å². The lowest BCUT2D eigenvalue weighted by atomic mass is 10.1. The van der Waals surface area contributed by atoms with Gasteiger partial charge in [-0.05, 0) is 18.4 Å². The van der Waals surface area contributed by atoms with E-state index < -0.39 is 0 Å². The van der Waals surface area contributed by atoms with E-state index in [1.54, 1.807) is 0 Å². The van der Waals surface area contributed by atoms with Gasteiger partial charge in [0.05, 0.1) is 0 Å². The van der Waals surface area contributed by atoms with E-state index >= 15 is 0 Å². The molecule has 1 heterocycles. The summed E-state index contributed by atoms with van der Waals surface area (Å²) in [7, 11) is 0. The second-order valence-electron chi connectivity index (χ2n) is 4.94. The van der Waals surface area contributed by atoms with Gasteiger partial charge < -0.3 is 11.1 Å². The largest absolute Gasteiger partial charge is 0.353 e. The van der Waals surface area contributed by atoms with Crippen LogP contribution in [0.5, 0.6) is 0 Å². The van der Waals surface area contributed by atoms with Gasteiger partial charge in [0.25, 0.3) is 0 Å². The molecule has 112 valence electrons. The molecule has 1 aliphatic rings. The molecular formula is C14H23ClN4O. The number of hydrogen-bond acceptors (Lipinski definition) is 4. The third-order valence-corrected chi connectivity index (χ3v) is 3.52. The van der Waals surface area contributed by atoms with E-state index in [-0.39, 0.29) is 30.4 Å². The lowest BCUT2D eigenvalue weighted by Gasteiger charge is -2.15. The quantitative estimate of drug-likeness (QED) is 0.650. The minimum absolute atomic E-state index is 0. The molecule has 0 aliphatic carbocycles. The highest BCUT2D eigenvalue weighted by atomic mass is 35.5. The van der Waals surface area contributed by atoms with Crippen LogP contribution in [-0.4, -0.2) is 24.5 Å². The molecule has 3 atom stereocenters. The van der Waals surface area contributed by atoms with Crippen LogP contribution in [0.2, 0.25) is 0 Å². The maximum atomic E-state index is 12.0. The van der Waals surface area contributed by atoms with E-state index in [0.717, 1.165) is 18.4 Å². The van der Waals surface area contributed by atoms with Crippen molar-refractivity contribution in [2.75, 3.05) is 6.54 Å². The molecule has 0 aromatic heterocycles. The van der Waals surface area contributed by atoms with Gasteiger partial charge in [-0.1, -0.05) is 37.3 Å². The van der Waals surface area contributed by atoms with Crippen LogP contribution >= 0.6 is 12.4 Å². The molecule has 20 heavy (non-hydrogen) atoms. The first-order valence-corrected chi connectivity index (χ1v) is 6.80. The molecule has 0 radical (unpaired) electrons. The predicted octanol–water partition coefficient (Wildman–Crippen LogP) is 0.869. The fraction of sp³-hybridized carbons (Fsp3) is 0.500. The Kier molecular flexibility index (Phi) is 6.95. The van der Waals surface area contributed by atoms with Crippen molar-refractivity contribution < 1.29 is 4.79 Å². The maximum Gasteiger partial charge on any atom is 0.238 e. The standard InChI is InChI=1S/C14H22N4O.ClH/c1-2-11-8-13(18-17-11)14(19)16-9-12(15)10-6-4-3-5-7-10;/h3-7,11-13,17-18H,2,8-9,15H2,1H3,(H,16,19);1H. The highest BCUT2D eigenvalue weighted by molar-refractivity contribution is 5.85. The van der Waals surface area contributed by atoms with Crippen LogP contribution in [0.4, 0.5) is 0 Å². The first-order valence-electron chi connectivity index (χ1n) is 6.80.